The molecule has 88 valence electrons. The van der Waals surface area contributed by atoms with Gasteiger partial charge in [-0.05, 0) is 44.6 Å². The summed E-state index contributed by atoms with van der Waals surface area (Å²) in [6.07, 6.45) is 4.15. The van der Waals surface area contributed by atoms with Gasteiger partial charge in [0.15, 0.2) is 0 Å². The van der Waals surface area contributed by atoms with Gasteiger partial charge in [-0.1, -0.05) is 13.8 Å². The molecule has 2 heterocycles. The van der Waals surface area contributed by atoms with Gasteiger partial charge >= 0.3 is 0 Å². The summed E-state index contributed by atoms with van der Waals surface area (Å²) in [7, 11) is 0. The standard InChI is InChI=1S/C13H26N2/c1-10-6-7-15(9-11(10)2)13-5-4-12(3)14-8-13/h10-14H,4-9H2,1-3H3. The van der Waals surface area contributed by atoms with Gasteiger partial charge in [-0.25, -0.2) is 0 Å². The summed E-state index contributed by atoms with van der Waals surface area (Å²) >= 11 is 0. The van der Waals surface area contributed by atoms with Crippen molar-refractivity contribution in [1.29, 1.82) is 0 Å². The molecular weight excluding hydrogens is 184 g/mol. The van der Waals surface area contributed by atoms with E-state index < -0.39 is 0 Å². The molecule has 0 aliphatic carbocycles. The molecule has 2 aliphatic heterocycles. The molecule has 2 saturated heterocycles. The number of hydrogen-bond donors (Lipinski definition) is 1. The van der Waals surface area contributed by atoms with Crippen molar-refractivity contribution < 1.29 is 0 Å². The van der Waals surface area contributed by atoms with Gasteiger partial charge in [0.2, 0.25) is 0 Å². The maximum Gasteiger partial charge on any atom is 0.0221 e. The average molecular weight is 210 g/mol. The summed E-state index contributed by atoms with van der Waals surface area (Å²) in [5.41, 5.74) is 0. The molecule has 0 aromatic heterocycles. The van der Waals surface area contributed by atoms with Gasteiger partial charge in [-0.15, -0.1) is 0 Å². The molecule has 0 bridgehead atoms. The van der Waals surface area contributed by atoms with Gasteiger partial charge in [0, 0.05) is 25.2 Å². The fraction of sp³-hybridized carbons (Fsp3) is 1.00. The first-order chi connectivity index (χ1) is 7.16. The second-order valence-corrected chi connectivity index (χ2v) is 5.78. The molecule has 4 unspecified atom stereocenters. The first-order valence-corrected chi connectivity index (χ1v) is 6.64. The van der Waals surface area contributed by atoms with Crippen LogP contribution in [0.3, 0.4) is 0 Å². The zero-order chi connectivity index (χ0) is 10.8. The summed E-state index contributed by atoms with van der Waals surface area (Å²) in [6.45, 7) is 11.0. The fourth-order valence-electron chi connectivity index (χ4n) is 2.92. The Kier molecular flexibility index (Phi) is 3.68. The summed E-state index contributed by atoms with van der Waals surface area (Å²) in [4.78, 5) is 2.73. The second-order valence-electron chi connectivity index (χ2n) is 5.78. The van der Waals surface area contributed by atoms with Crippen LogP contribution in [0.25, 0.3) is 0 Å². The molecule has 15 heavy (non-hydrogen) atoms. The van der Waals surface area contributed by atoms with Gasteiger partial charge in [0.1, 0.15) is 0 Å². The molecule has 2 rings (SSSR count). The molecular formula is C13H26N2. The lowest BCUT2D eigenvalue weighted by atomic mass is 9.87. The Morgan fingerprint density at radius 1 is 1.00 bits per heavy atom. The Bertz CT molecular complexity index is 197. The van der Waals surface area contributed by atoms with Crippen molar-refractivity contribution in [3.05, 3.63) is 0 Å². The van der Waals surface area contributed by atoms with Crippen molar-refractivity contribution in [2.24, 2.45) is 11.8 Å². The van der Waals surface area contributed by atoms with E-state index in [1.165, 1.54) is 38.9 Å². The molecule has 0 aromatic rings. The Balaban J connectivity index is 1.84. The number of piperidine rings is 2. The highest BCUT2D eigenvalue weighted by Crippen LogP contribution is 2.26. The van der Waals surface area contributed by atoms with E-state index in [0.717, 1.165) is 23.9 Å². The molecule has 2 nitrogen and oxygen atoms in total. The Morgan fingerprint density at radius 3 is 2.40 bits per heavy atom. The van der Waals surface area contributed by atoms with E-state index in [-0.39, 0.29) is 0 Å². The topological polar surface area (TPSA) is 15.3 Å². The maximum atomic E-state index is 3.61. The molecule has 1 N–H and O–H groups in total. The van der Waals surface area contributed by atoms with E-state index in [1.54, 1.807) is 0 Å². The van der Waals surface area contributed by atoms with Crippen LogP contribution < -0.4 is 5.32 Å². The monoisotopic (exact) mass is 210 g/mol. The van der Waals surface area contributed by atoms with E-state index in [9.17, 15) is 0 Å². The highest BCUT2D eigenvalue weighted by Gasteiger charge is 2.29. The zero-order valence-corrected chi connectivity index (χ0v) is 10.5. The van der Waals surface area contributed by atoms with E-state index in [4.69, 9.17) is 0 Å². The molecule has 2 fully saturated rings. The summed E-state index contributed by atoms with van der Waals surface area (Å²) in [6, 6.07) is 1.55. The van der Waals surface area contributed by atoms with Gasteiger partial charge in [-0.3, -0.25) is 4.90 Å². The van der Waals surface area contributed by atoms with Crippen molar-refractivity contribution >= 4 is 0 Å². The molecule has 0 amide bonds. The van der Waals surface area contributed by atoms with Crippen LogP contribution in [-0.4, -0.2) is 36.6 Å². The van der Waals surface area contributed by atoms with Crippen LogP contribution in [0.2, 0.25) is 0 Å². The number of nitrogens with zero attached hydrogens (tertiary/aromatic N) is 1. The maximum absolute atomic E-state index is 3.61. The quantitative estimate of drug-likeness (QED) is 0.713. The Morgan fingerprint density at radius 2 is 1.80 bits per heavy atom. The minimum atomic E-state index is 0.738. The highest BCUT2D eigenvalue weighted by molar-refractivity contribution is 4.86. The van der Waals surface area contributed by atoms with Crippen molar-refractivity contribution in [2.75, 3.05) is 19.6 Å². The second kappa shape index (κ2) is 4.84. The highest BCUT2D eigenvalue weighted by atomic mass is 15.2. The normalized spacial score (nSPS) is 44.2. The molecule has 0 saturated carbocycles. The number of likely N-dealkylation sites (tertiary alicyclic amines) is 1. The number of hydrogen-bond acceptors (Lipinski definition) is 2. The van der Waals surface area contributed by atoms with Crippen LogP contribution >= 0.6 is 0 Å². The lowest BCUT2D eigenvalue weighted by Gasteiger charge is -2.42. The summed E-state index contributed by atoms with van der Waals surface area (Å²) < 4.78 is 0. The van der Waals surface area contributed by atoms with Gasteiger partial charge in [0.25, 0.3) is 0 Å². The lowest BCUT2D eigenvalue weighted by molar-refractivity contribution is 0.0775. The zero-order valence-electron chi connectivity index (χ0n) is 10.5. The Hall–Kier alpha value is -0.0800. The SMILES string of the molecule is CC1CCC(N2CCC(C)C(C)C2)CN1. The van der Waals surface area contributed by atoms with Crippen LogP contribution in [0.15, 0.2) is 0 Å². The molecule has 2 aliphatic rings. The molecule has 2 heteroatoms. The Labute approximate surface area is 94.4 Å². The predicted octanol–water partition coefficient (Wildman–Crippen LogP) is 2.10. The predicted molar refractivity (Wildman–Crippen MR) is 65.0 cm³/mol. The van der Waals surface area contributed by atoms with E-state index in [2.05, 4.69) is 31.0 Å². The van der Waals surface area contributed by atoms with Crippen LogP contribution in [0.4, 0.5) is 0 Å². The third kappa shape index (κ3) is 2.73. The number of rotatable bonds is 1. The molecule has 0 radical (unpaired) electrons. The van der Waals surface area contributed by atoms with Gasteiger partial charge < -0.3 is 5.32 Å². The summed E-state index contributed by atoms with van der Waals surface area (Å²) in [5.74, 6) is 1.81. The van der Waals surface area contributed by atoms with Crippen LogP contribution in [0.5, 0.6) is 0 Å². The van der Waals surface area contributed by atoms with E-state index in [1.807, 2.05) is 0 Å². The van der Waals surface area contributed by atoms with Gasteiger partial charge in [-0.2, -0.15) is 0 Å². The number of nitrogens with one attached hydrogen (secondary N) is 1. The fourth-order valence-corrected chi connectivity index (χ4v) is 2.92. The van der Waals surface area contributed by atoms with Crippen LogP contribution in [0.1, 0.15) is 40.0 Å². The first kappa shape index (κ1) is 11.4. The van der Waals surface area contributed by atoms with Crippen molar-refractivity contribution in [2.45, 2.75) is 52.1 Å². The van der Waals surface area contributed by atoms with E-state index >= 15 is 0 Å². The van der Waals surface area contributed by atoms with Crippen LogP contribution in [0, 0.1) is 11.8 Å². The molecule has 0 spiro atoms. The van der Waals surface area contributed by atoms with Gasteiger partial charge in [0.05, 0.1) is 0 Å². The average Bonchev–Trinajstić information content (AvgIpc) is 2.23. The minimum absolute atomic E-state index is 0.738. The largest absolute Gasteiger partial charge is 0.313 e. The smallest absolute Gasteiger partial charge is 0.0221 e. The molecule has 4 atom stereocenters. The van der Waals surface area contributed by atoms with Crippen molar-refractivity contribution in [3.8, 4) is 0 Å². The summed E-state index contributed by atoms with van der Waals surface area (Å²) in [5, 5.41) is 3.61. The first-order valence-electron chi connectivity index (χ1n) is 6.64. The van der Waals surface area contributed by atoms with Crippen molar-refractivity contribution in [3.63, 3.8) is 0 Å². The van der Waals surface area contributed by atoms with E-state index in [0.29, 0.717) is 0 Å². The third-order valence-corrected chi connectivity index (χ3v) is 4.52. The minimum Gasteiger partial charge on any atom is -0.313 e. The lowest BCUT2D eigenvalue weighted by Crippen LogP contribution is -2.52. The van der Waals surface area contributed by atoms with Crippen molar-refractivity contribution in [1.82, 2.24) is 10.2 Å². The van der Waals surface area contributed by atoms with Crippen LogP contribution in [-0.2, 0) is 0 Å². The molecule has 0 aromatic carbocycles. The third-order valence-electron chi connectivity index (χ3n) is 4.52.